The van der Waals surface area contributed by atoms with Crippen molar-refractivity contribution in [3.8, 4) is 0 Å². The van der Waals surface area contributed by atoms with Crippen molar-refractivity contribution >= 4 is 18.6 Å². The topological polar surface area (TPSA) is 57.7 Å². The molecule has 0 bridgehead atoms. The van der Waals surface area contributed by atoms with E-state index in [0.29, 0.717) is 24.2 Å². The molecule has 102 valence electrons. The highest BCUT2D eigenvalue weighted by molar-refractivity contribution is 6.63. The van der Waals surface area contributed by atoms with E-state index in [1.807, 2.05) is 6.92 Å². The second-order valence-corrected chi connectivity index (χ2v) is 5.52. The molecule has 0 N–H and O–H groups in total. The van der Waals surface area contributed by atoms with Gasteiger partial charge in [-0.1, -0.05) is 13.8 Å². The number of nitrogens with zero attached hydrogens (tertiary/aromatic N) is 1. The number of aryl methyl sites for hydroxylation is 1. The van der Waals surface area contributed by atoms with Gasteiger partial charge in [-0.15, -0.1) is 0 Å². The molecule has 0 unspecified atom stereocenters. The predicted molar refractivity (Wildman–Crippen MR) is 71.4 cm³/mol. The lowest BCUT2D eigenvalue weighted by Gasteiger charge is -2.33. The van der Waals surface area contributed by atoms with Crippen molar-refractivity contribution in [1.29, 1.82) is 0 Å². The third-order valence-corrected chi connectivity index (χ3v) is 2.98. The van der Waals surface area contributed by atoms with Crippen molar-refractivity contribution in [2.45, 2.75) is 20.8 Å². The monoisotopic (exact) mass is 263 g/mol. The maximum absolute atomic E-state index is 11.7. The summed E-state index contributed by atoms with van der Waals surface area (Å²) in [6.07, 6.45) is 1.50. The Kier molecular flexibility index (Phi) is 3.92. The van der Waals surface area contributed by atoms with Crippen LogP contribution in [-0.2, 0) is 14.0 Å². The van der Waals surface area contributed by atoms with Crippen molar-refractivity contribution in [2.24, 2.45) is 5.41 Å². The molecule has 19 heavy (non-hydrogen) atoms. The Bertz CT molecular complexity index is 480. The fourth-order valence-electron chi connectivity index (χ4n) is 1.93. The molecule has 2 heterocycles. The lowest BCUT2D eigenvalue weighted by Crippen LogP contribution is -2.49. The largest absolute Gasteiger partial charge is 0.494 e. The zero-order valence-electron chi connectivity index (χ0n) is 11.7. The Labute approximate surface area is 113 Å². The summed E-state index contributed by atoms with van der Waals surface area (Å²) in [7, 11) is 0.807. The molecule has 0 saturated carbocycles. The number of esters is 1. The summed E-state index contributed by atoms with van der Waals surface area (Å²) in [5.41, 5.74) is 1.86. The van der Waals surface area contributed by atoms with E-state index in [0.717, 1.165) is 5.69 Å². The van der Waals surface area contributed by atoms with Gasteiger partial charge in [0.05, 0.1) is 12.7 Å². The summed E-state index contributed by atoms with van der Waals surface area (Å²) in [6, 6.07) is 1.80. The molecular formula is C13H18BNO4. The van der Waals surface area contributed by atoms with Crippen molar-refractivity contribution in [3.05, 3.63) is 23.5 Å². The van der Waals surface area contributed by atoms with Crippen LogP contribution in [-0.4, -0.2) is 38.4 Å². The standard InChI is InChI=1S/C13H18BNO4/c1-9-5-11(10(6-15-9)12(16)17-4)14-18-7-13(2,3)8-19-14/h5-6H,7-8H2,1-4H3. The first-order chi connectivity index (χ1) is 8.93. The van der Waals surface area contributed by atoms with Crippen LogP contribution in [0.3, 0.4) is 0 Å². The fraction of sp³-hybridized carbons (Fsp3) is 0.538. The number of aromatic nitrogens is 1. The Hall–Kier alpha value is -1.40. The summed E-state index contributed by atoms with van der Waals surface area (Å²) < 4.78 is 16.2. The van der Waals surface area contributed by atoms with Crippen LogP contribution < -0.4 is 5.46 Å². The van der Waals surface area contributed by atoms with Gasteiger partial charge in [0, 0.05) is 36.0 Å². The van der Waals surface area contributed by atoms with Crippen LogP contribution in [0.1, 0.15) is 29.9 Å². The number of methoxy groups -OCH3 is 1. The van der Waals surface area contributed by atoms with E-state index in [-0.39, 0.29) is 5.41 Å². The van der Waals surface area contributed by atoms with Crippen LogP contribution in [0.15, 0.2) is 12.3 Å². The predicted octanol–water partition coefficient (Wildman–Crippen LogP) is 0.945. The molecule has 5 nitrogen and oxygen atoms in total. The lowest BCUT2D eigenvalue weighted by molar-refractivity contribution is 0.0339. The van der Waals surface area contributed by atoms with Gasteiger partial charge >= 0.3 is 13.1 Å². The molecule has 0 amide bonds. The van der Waals surface area contributed by atoms with E-state index in [1.165, 1.54) is 13.3 Å². The van der Waals surface area contributed by atoms with Gasteiger partial charge in [-0.25, -0.2) is 4.79 Å². The molecule has 1 aliphatic rings. The Morgan fingerprint density at radius 1 is 1.42 bits per heavy atom. The van der Waals surface area contributed by atoms with E-state index >= 15 is 0 Å². The van der Waals surface area contributed by atoms with E-state index in [2.05, 4.69) is 18.8 Å². The highest BCUT2D eigenvalue weighted by Gasteiger charge is 2.36. The van der Waals surface area contributed by atoms with Crippen LogP contribution in [0.4, 0.5) is 0 Å². The first-order valence-electron chi connectivity index (χ1n) is 6.21. The average molecular weight is 263 g/mol. The molecule has 0 spiro atoms. The van der Waals surface area contributed by atoms with Gasteiger partial charge in [0.15, 0.2) is 0 Å². The molecule has 1 fully saturated rings. The summed E-state index contributed by atoms with van der Waals surface area (Å²) in [5, 5.41) is 0. The Morgan fingerprint density at radius 3 is 2.63 bits per heavy atom. The number of hydrogen-bond acceptors (Lipinski definition) is 5. The summed E-state index contributed by atoms with van der Waals surface area (Å²) >= 11 is 0. The summed E-state index contributed by atoms with van der Waals surface area (Å²) in [6.45, 7) is 7.17. The third-order valence-electron chi connectivity index (χ3n) is 2.98. The third kappa shape index (κ3) is 3.14. The lowest BCUT2D eigenvalue weighted by atomic mass is 9.73. The second-order valence-electron chi connectivity index (χ2n) is 5.52. The van der Waals surface area contributed by atoms with Gasteiger partial charge in [0.25, 0.3) is 0 Å². The first kappa shape index (κ1) is 14.0. The van der Waals surface area contributed by atoms with Gasteiger partial charge in [0.1, 0.15) is 0 Å². The quantitative estimate of drug-likeness (QED) is 0.587. The molecule has 1 aromatic heterocycles. The maximum atomic E-state index is 11.7. The van der Waals surface area contributed by atoms with E-state index in [9.17, 15) is 4.79 Å². The van der Waals surface area contributed by atoms with Crippen molar-refractivity contribution in [2.75, 3.05) is 20.3 Å². The van der Waals surface area contributed by atoms with E-state index in [4.69, 9.17) is 14.0 Å². The van der Waals surface area contributed by atoms with E-state index in [1.54, 1.807) is 6.07 Å². The SMILES string of the molecule is COC(=O)c1cnc(C)cc1B1OCC(C)(C)CO1. The maximum Gasteiger partial charge on any atom is 0.494 e. The fourth-order valence-corrected chi connectivity index (χ4v) is 1.93. The molecule has 1 saturated heterocycles. The number of pyridine rings is 1. The highest BCUT2D eigenvalue weighted by Crippen LogP contribution is 2.21. The zero-order chi connectivity index (χ0) is 14.0. The Balaban J connectivity index is 2.28. The number of carbonyl (C=O) groups is 1. The average Bonchev–Trinajstić information content (AvgIpc) is 2.38. The summed E-state index contributed by atoms with van der Waals surface area (Å²) in [4.78, 5) is 15.9. The van der Waals surface area contributed by atoms with Crippen LogP contribution >= 0.6 is 0 Å². The molecule has 2 rings (SSSR count). The Morgan fingerprint density at radius 2 is 2.05 bits per heavy atom. The minimum Gasteiger partial charge on any atom is -0.465 e. The number of hydrogen-bond donors (Lipinski definition) is 0. The molecule has 0 aliphatic carbocycles. The molecule has 0 aromatic carbocycles. The van der Waals surface area contributed by atoms with Crippen molar-refractivity contribution in [3.63, 3.8) is 0 Å². The van der Waals surface area contributed by atoms with Gasteiger partial charge < -0.3 is 14.0 Å². The van der Waals surface area contributed by atoms with Crippen molar-refractivity contribution < 1.29 is 18.8 Å². The molecule has 1 aliphatic heterocycles. The number of carbonyl (C=O) groups excluding carboxylic acids is 1. The summed E-state index contributed by atoms with van der Waals surface area (Å²) in [5.74, 6) is -0.431. The van der Waals surface area contributed by atoms with Crippen LogP contribution in [0, 0.1) is 12.3 Å². The second kappa shape index (κ2) is 5.31. The smallest absolute Gasteiger partial charge is 0.465 e. The minimum atomic E-state index is -0.538. The van der Waals surface area contributed by atoms with Crippen molar-refractivity contribution in [1.82, 2.24) is 4.98 Å². The molecule has 1 aromatic rings. The van der Waals surface area contributed by atoms with Crippen LogP contribution in [0.25, 0.3) is 0 Å². The highest BCUT2D eigenvalue weighted by atomic mass is 16.6. The zero-order valence-corrected chi connectivity index (χ0v) is 11.7. The molecule has 6 heteroatoms. The minimum absolute atomic E-state index is 0.00992. The number of rotatable bonds is 2. The van der Waals surface area contributed by atoms with Crippen LogP contribution in [0.5, 0.6) is 0 Å². The molecule has 0 radical (unpaired) electrons. The molecule has 0 atom stereocenters. The van der Waals surface area contributed by atoms with Crippen LogP contribution in [0.2, 0.25) is 0 Å². The molecular weight excluding hydrogens is 245 g/mol. The van der Waals surface area contributed by atoms with Gasteiger partial charge in [-0.05, 0) is 13.0 Å². The first-order valence-corrected chi connectivity index (χ1v) is 6.21. The van der Waals surface area contributed by atoms with Gasteiger partial charge in [-0.2, -0.15) is 0 Å². The normalized spacial score (nSPS) is 18.2. The van der Waals surface area contributed by atoms with E-state index < -0.39 is 13.1 Å². The number of ether oxygens (including phenoxy) is 1. The van der Waals surface area contributed by atoms with Gasteiger partial charge in [0.2, 0.25) is 0 Å². The van der Waals surface area contributed by atoms with Gasteiger partial charge in [-0.3, -0.25) is 4.98 Å².